The van der Waals surface area contributed by atoms with Crippen LogP contribution < -0.4 is 21.5 Å². The lowest BCUT2D eigenvalue weighted by atomic mass is 10.2. The van der Waals surface area contributed by atoms with Gasteiger partial charge in [0.2, 0.25) is 11.8 Å². The number of pyridine rings is 1. The summed E-state index contributed by atoms with van der Waals surface area (Å²) in [6, 6.07) is 3.35. The molecule has 0 saturated carbocycles. The van der Waals surface area contributed by atoms with Crippen molar-refractivity contribution in [1.82, 2.24) is 4.98 Å². The summed E-state index contributed by atoms with van der Waals surface area (Å²) >= 11 is 0. The highest BCUT2D eigenvalue weighted by Gasteiger charge is 2.16. The largest absolute Gasteiger partial charge is 0.470 e. The van der Waals surface area contributed by atoms with E-state index in [1.54, 1.807) is 12.1 Å². The standard InChI is InChI=1S/C13H22N4O2/c1-8(7-10(15)18)16-11-6-5-9(14)12(17-11)19-13(2,3)4/h5-6,8H,7,14H2,1-4H3,(H2,15,18)(H,16,17). The molecule has 1 aromatic rings. The average molecular weight is 266 g/mol. The van der Waals surface area contributed by atoms with Crippen molar-refractivity contribution >= 4 is 17.4 Å². The number of anilines is 2. The van der Waals surface area contributed by atoms with Gasteiger partial charge in [0, 0.05) is 12.5 Å². The molecule has 0 saturated heterocycles. The Labute approximate surface area is 113 Å². The first kappa shape index (κ1) is 15.1. The summed E-state index contributed by atoms with van der Waals surface area (Å²) in [5.74, 6) is 0.618. The molecule has 0 aliphatic rings. The van der Waals surface area contributed by atoms with Crippen LogP contribution in [0, 0.1) is 0 Å². The topological polar surface area (TPSA) is 103 Å². The molecule has 1 aromatic heterocycles. The molecule has 5 N–H and O–H groups in total. The SMILES string of the molecule is CC(CC(N)=O)Nc1ccc(N)c(OC(C)(C)C)n1. The maximum absolute atomic E-state index is 10.8. The van der Waals surface area contributed by atoms with Crippen LogP contribution >= 0.6 is 0 Å². The zero-order valence-electron chi connectivity index (χ0n) is 11.9. The number of aromatic nitrogens is 1. The summed E-state index contributed by atoms with van der Waals surface area (Å²) in [6.07, 6.45) is 0.238. The first-order valence-electron chi connectivity index (χ1n) is 6.18. The summed E-state index contributed by atoms with van der Waals surface area (Å²) < 4.78 is 5.67. The number of nitrogens with zero attached hydrogens (tertiary/aromatic N) is 1. The van der Waals surface area contributed by atoms with Crippen molar-refractivity contribution in [2.75, 3.05) is 11.1 Å². The van der Waals surface area contributed by atoms with E-state index in [0.29, 0.717) is 17.4 Å². The Morgan fingerprint density at radius 1 is 1.47 bits per heavy atom. The van der Waals surface area contributed by atoms with Crippen molar-refractivity contribution in [3.63, 3.8) is 0 Å². The number of carbonyl (C=O) groups is 1. The third kappa shape index (κ3) is 5.46. The van der Waals surface area contributed by atoms with Crippen molar-refractivity contribution < 1.29 is 9.53 Å². The predicted octanol–water partition coefficient (Wildman–Crippen LogP) is 1.52. The fourth-order valence-electron chi connectivity index (χ4n) is 1.51. The van der Waals surface area contributed by atoms with E-state index >= 15 is 0 Å². The van der Waals surface area contributed by atoms with Gasteiger partial charge < -0.3 is 21.5 Å². The first-order valence-corrected chi connectivity index (χ1v) is 6.18. The number of hydrogen-bond donors (Lipinski definition) is 3. The van der Waals surface area contributed by atoms with Gasteiger partial charge in [-0.15, -0.1) is 0 Å². The molecule has 0 bridgehead atoms. The molecule has 0 aromatic carbocycles. The Kier molecular flexibility index (Phi) is 4.58. The molecule has 1 rings (SSSR count). The number of nitrogens with two attached hydrogens (primary N) is 2. The number of ether oxygens (including phenoxy) is 1. The molecule has 1 unspecified atom stereocenters. The van der Waals surface area contributed by atoms with Gasteiger partial charge in [0.1, 0.15) is 11.4 Å². The zero-order valence-corrected chi connectivity index (χ0v) is 11.9. The van der Waals surface area contributed by atoms with E-state index in [-0.39, 0.29) is 24.0 Å². The van der Waals surface area contributed by atoms with Crippen LogP contribution in [0.15, 0.2) is 12.1 Å². The third-order valence-corrected chi connectivity index (χ3v) is 2.19. The van der Waals surface area contributed by atoms with Crippen LogP contribution in [0.3, 0.4) is 0 Å². The molecule has 0 aliphatic carbocycles. The highest BCUT2D eigenvalue weighted by molar-refractivity contribution is 5.74. The lowest BCUT2D eigenvalue weighted by Crippen LogP contribution is -2.26. The number of nitrogens with one attached hydrogen (secondary N) is 1. The Balaban J connectivity index is 2.81. The number of rotatable bonds is 5. The fraction of sp³-hybridized carbons (Fsp3) is 0.538. The van der Waals surface area contributed by atoms with Gasteiger partial charge in [-0.2, -0.15) is 4.98 Å². The molecule has 6 heteroatoms. The third-order valence-electron chi connectivity index (χ3n) is 2.19. The minimum Gasteiger partial charge on any atom is -0.470 e. The average Bonchev–Trinajstić information content (AvgIpc) is 2.19. The van der Waals surface area contributed by atoms with Gasteiger partial charge in [0.25, 0.3) is 0 Å². The normalized spacial score (nSPS) is 12.8. The van der Waals surface area contributed by atoms with E-state index in [1.165, 1.54) is 0 Å². The number of nitrogen functional groups attached to an aromatic ring is 1. The van der Waals surface area contributed by atoms with E-state index in [0.717, 1.165) is 0 Å². The van der Waals surface area contributed by atoms with Crippen LogP contribution in [0.2, 0.25) is 0 Å². The molecule has 1 amide bonds. The quantitative estimate of drug-likeness (QED) is 0.749. The van der Waals surface area contributed by atoms with Crippen LogP contribution in [0.1, 0.15) is 34.1 Å². The smallest absolute Gasteiger partial charge is 0.239 e. The second kappa shape index (κ2) is 5.77. The van der Waals surface area contributed by atoms with Crippen LogP contribution in [-0.2, 0) is 4.79 Å². The van der Waals surface area contributed by atoms with Crippen LogP contribution in [-0.4, -0.2) is 22.5 Å². The Bertz CT molecular complexity index is 454. The molecule has 1 atom stereocenters. The molecule has 0 fully saturated rings. The van der Waals surface area contributed by atoms with Gasteiger partial charge in [-0.25, -0.2) is 0 Å². The van der Waals surface area contributed by atoms with Gasteiger partial charge in [0.15, 0.2) is 0 Å². The van der Waals surface area contributed by atoms with Crippen molar-refractivity contribution in [2.45, 2.75) is 45.8 Å². The van der Waals surface area contributed by atoms with Crippen LogP contribution in [0.5, 0.6) is 5.88 Å². The maximum atomic E-state index is 10.8. The molecule has 6 nitrogen and oxygen atoms in total. The summed E-state index contributed by atoms with van der Waals surface area (Å²) in [4.78, 5) is 15.1. The molecule has 19 heavy (non-hydrogen) atoms. The minimum absolute atomic E-state index is 0.101. The van der Waals surface area contributed by atoms with Crippen LogP contribution in [0.4, 0.5) is 11.5 Å². The van der Waals surface area contributed by atoms with Crippen molar-refractivity contribution in [2.24, 2.45) is 5.73 Å². The summed E-state index contributed by atoms with van der Waals surface area (Å²) in [7, 11) is 0. The van der Waals surface area contributed by atoms with E-state index in [4.69, 9.17) is 16.2 Å². The summed E-state index contributed by atoms with van der Waals surface area (Å²) in [6.45, 7) is 7.62. The zero-order chi connectivity index (χ0) is 14.6. The maximum Gasteiger partial charge on any atom is 0.239 e. The second-order valence-electron chi connectivity index (χ2n) is 5.52. The predicted molar refractivity (Wildman–Crippen MR) is 75.9 cm³/mol. The second-order valence-corrected chi connectivity index (χ2v) is 5.52. The molecule has 0 spiro atoms. The Hall–Kier alpha value is -1.98. The van der Waals surface area contributed by atoms with Crippen LogP contribution in [0.25, 0.3) is 0 Å². The van der Waals surface area contributed by atoms with E-state index in [1.807, 2.05) is 27.7 Å². The monoisotopic (exact) mass is 266 g/mol. The molecule has 106 valence electrons. The minimum atomic E-state index is -0.376. The van der Waals surface area contributed by atoms with Crippen molar-refractivity contribution in [1.29, 1.82) is 0 Å². The van der Waals surface area contributed by atoms with Gasteiger partial charge in [-0.3, -0.25) is 4.79 Å². The van der Waals surface area contributed by atoms with Crippen molar-refractivity contribution in [3.8, 4) is 5.88 Å². The lowest BCUT2D eigenvalue weighted by Gasteiger charge is -2.22. The number of carbonyl (C=O) groups excluding carboxylic acids is 1. The van der Waals surface area contributed by atoms with Gasteiger partial charge in [-0.05, 0) is 39.8 Å². The summed E-state index contributed by atoms with van der Waals surface area (Å²) in [5, 5.41) is 3.08. The van der Waals surface area contributed by atoms with E-state index < -0.39 is 0 Å². The molecular formula is C13H22N4O2. The van der Waals surface area contributed by atoms with E-state index in [9.17, 15) is 4.79 Å². The first-order chi connectivity index (χ1) is 8.67. The van der Waals surface area contributed by atoms with Gasteiger partial charge >= 0.3 is 0 Å². The van der Waals surface area contributed by atoms with Gasteiger partial charge in [-0.1, -0.05) is 0 Å². The fourth-order valence-corrected chi connectivity index (χ4v) is 1.51. The summed E-state index contributed by atoms with van der Waals surface area (Å²) in [5.41, 5.74) is 11.1. The highest BCUT2D eigenvalue weighted by Crippen LogP contribution is 2.25. The Morgan fingerprint density at radius 2 is 2.11 bits per heavy atom. The van der Waals surface area contributed by atoms with Gasteiger partial charge in [0.05, 0.1) is 5.69 Å². The highest BCUT2D eigenvalue weighted by atomic mass is 16.5. The number of amides is 1. The molecule has 0 radical (unpaired) electrons. The molecule has 1 heterocycles. The van der Waals surface area contributed by atoms with E-state index in [2.05, 4.69) is 10.3 Å². The number of primary amides is 1. The Morgan fingerprint density at radius 3 is 2.63 bits per heavy atom. The molecule has 0 aliphatic heterocycles. The molecular weight excluding hydrogens is 244 g/mol. The van der Waals surface area contributed by atoms with Crippen molar-refractivity contribution in [3.05, 3.63) is 12.1 Å². The lowest BCUT2D eigenvalue weighted by molar-refractivity contribution is -0.118. The number of hydrogen-bond acceptors (Lipinski definition) is 5.